The van der Waals surface area contributed by atoms with Crippen molar-refractivity contribution in [1.82, 2.24) is 5.32 Å². The van der Waals surface area contributed by atoms with E-state index in [2.05, 4.69) is 5.32 Å². The summed E-state index contributed by atoms with van der Waals surface area (Å²) >= 11 is 0. The molecule has 0 aromatic rings. The Kier molecular flexibility index (Phi) is 18.0. The van der Waals surface area contributed by atoms with Crippen molar-refractivity contribution >= 4 is 5.91 Å². The van der Waals surface area contributed by atoms with Gasteiger partial charge in [-0.25, -0.2) is 0 Å². The molecule has 0 heterocycles. The summed E-state index contributed by atoms with van der Waals surface area (Å²) in [6.07, 6.45) is 4.44. The minimum absolute atomic E-state index is 0.137. The summed E-state index contributed by atoms with van der Waals surface area (Å²) in [4.78, 5) is 11.1. The van der Waals surface area contributed by atoms with E-state index in [1.54, 1.807) is 7.11 Å². The summed E-state index contributed by atoms with van der Waals surface area (Å²) < 4.78 is 4.99. The van der Waals surface area contributed by atoms with Crippen molar-refractivity contribution in [1.29, 1.82) is 0 Å². The third kappa shape index (κ3) is 13.5. The monoisotopic (exact) mass is 261 g/mol. The Morgan fingerprint density at radius 3 is 2.50 bits per heavy atom. The van der Waals surface area contributed by atoms with Gasteiger partial charge in [-0.3, -0.25) is 4.79 Å². The van der Waals surface area contributed by atoms with Crippen LogP contribution < -0.4 is 5.32 Å². The van der Waals surface area contributed by atoms with Gasteiger partial charge in [-0.2, -0.15) is 0 Å². The van der Waals surface area contributed by atoms with E-state index in [1.165, 1.54) is 0 Å². The van der Waals surface area contributed by atoms with E-state index in [0.29, 0.717) is 13.0 Å². The predicted octanol–water partition coefficient (Wildman–Crippen LogP) is 2.35. The number of hydrogen-bond acceptors (Lipinski definition) is 3. The Morgan fingerprint density at radius 2 is 2.00 bits per heavy atom. The maximum absolute atomic E-state index is 11.1. The first-order valence-corrected chi connectivity index (χ1v) is 7.11. The van der Waals surface area contributed by atoms with Crippen molar-refractivity contribution in [2.24, 2.45) is 5.92 Å². The van der Waals surface area contributed by atoms with Crippen LogP contribution in [0.3, 0.4) is 0 Å². The van der Waals surface area contributed by atoms with Gasteiger partial charge in [-0.1, -0.05) is 27.2 Å². The van der Waals surface area contributed by atoms with E-state index >= 15 is 0 Å². The molecule has 0 spiro atoms. The molecule has 0 aromatic heterocycles. The van der Waals surface area contributed by atoms with Gasteiger partial charge in [0.2, 0.25) is 5.91 Å². The van der Waals surface area contributed by atoms with Crippen molar-refractivity contribution in [3.8, 4) is 0 Å². The lowest BCUT2D eigenvalue weighted by Gasteiger charge is -2.12. The first-order valence-electron chi connectivity index (χ1n) is 7.11. The number of nitrogens with one attached hydrogen (secondary N) is 1. The standard InChI is InChI=1S/C12H25NO3.C2H6/c1-3-6-12(15)13-8-5-4-7-11(9-14)10-16-2;1-2/h11,14H,3-10H2,1-2H3,(H,13,15);1-2H3. The third-order valence-corrected chi connectivity index (χ3v) is 2.50. The number of aliphatic hydroxyl groups excluding tert-OH is 1. The van der Waals surface area contributed by atoms with Crippen molar-refractivity contribution in [2.45, 2.75) is 52.9 Å². The Hall–Kier alpha value is -0.610. The minimum Gasteiger partial charge on any atom is -0.396 e. The van der Waals surface area contributed by atoms with Crippen LogP contribution in [0, 0.1) is 5.92 Å². The van der Waals surface area contributed by atoms with Gasteiger partial charge in [-0.15, -0.1) is 0 Å². The van der Waals surface area contributed by atoms with Gasteiger partial charge in [0.05, 0.1) is 6.61 Å². The fraction of sp³-hybridized carbons (Fsp3) is 0.929. The van der Waals surface area contributed by atoms with Crippen molar-refractivity contribution < 1.29 is 14.6 Å². The Labute approximate surface area is 112 Å². The lowest BCUT2D eigenvalue weighted by atomic mass is 10.0. The maximum atomic E-state index is 11.1. The van der Waals surface area contributed by atoms with Crippen LogP contribution in [0.1, 0.15) is 52.9 Å². The van der Waals surface area contributed by atoms with Crippen LogP contribution in [0.15, 0.2) is 0 Å². The number of unbranched alkanes of at least 4 members (excludes halogenated alkanes) is 1. The van der Waals surface area contributed by atoms with Crippen LogP contribution in [-0.4, -0.2) is 37.9 Å². The van der Waals surface area contributed by atoms with E-state index in [-0.39, 0.29) is 18.4 Å². The van der Waals surface area contributed by atoms with Gasteiger partial charge >= 0.3 is 0 Å². The lowest BCUT2D eigenvalue weighted by Crippen LogP contribution is -2.24. The molecular formula is C14H31NO3. The van der Waals surface area contributed by atoms with E-state index in [9.17, 15) is 4.79 Å². The van der Waals surface area contributed by atoms with Crippen LogP contribution >= 0.6 is 0 Å². The fourth-order valence-electron chi connectivity index (χ4n) is 1.56. The van der Waals surface area contributed by atoms with Crippen LogP contribution in [0.5, 0.6) is 0 Å². The number of amides is 1. The fourth-order valence-corrected chi connectivity index (χ4v) is 1.56. The first-order chi connectivity index (χ1) is 8.74. The van der Waals surface area contributed by atoms with Gasteiger partial charge in [0.1, 0.15) is 0 Å². The molecule has 0 radical (unpaired) electrons. The molecular weight excluding hydrogens is 230 g/mol. The van der Waals surface area contributed by atoms with Crippen LogP contribution in [-0.2, 0) is 9.53 Å². The molecule has 1 atom stereocenters. The minimum atomic E-state index is 0.137. The third-order valence-electron chi connectivity index (χ3n) is 2.50. The average molecular weight is 261 g/mol. The SMILES string of the molecule is CC.CCCC(=O)NCCCCC(CO)COC. The highest BCUT2D eigenvalue weighted by Crippen LogP contribution is 2.07. The molecule has 0 rings (SSSR count). The summed E-state index contributed by atoms with van der Waals surface area (Å²) in [6.45, 7) is 7.52. The molecule has 4 heteroatoms. The molecule has 0 bridgehead atoms. The number of hydrogen-bond donors (Lipinski definition) is 2. The maximum Gasteiger partial charge on any atom is 0.219 e. The van der Waals surface area contributed by atoms with Crippen molar-refractivity contribution in [3.05, 3.63) is 0 Å². The Morgan fingerprint density at radius 1 is 1.33 bits per heavy atom. The number of rotatable bonds is 10. The zero-order valence-electron chi connectivity index (χ0n) is 12.5. The molecule has 2 N–H and O–H groups in total. The largest absolute Gasteiger partial charge is 0.396 e. The Bertz CT molecular complexity index is 174. The van der Waals surface area contributed by atoms with Crippen molar-refractivity contribution in [3.63, 3.8) is 0 Å². The van der Waals surface area contributed by atoms with Gasteiger partial charge < -0.3 is 15.2 Å². The second-order valence-electron chi connectivity index (χ2n) is 4.10. The highest BCUT2D eigenvalue weighted by Gasteiger charge is 2.06. The molecule has 18 heavy (non-hydrogen) atoms. The van der Waals surface area contributed by atoms with E-state index in [4.69, 9.17) is 9.84 Å². The van der Waals surface area contributed by atoms with Gasteiger partial charge in [0, 0.05) is 32.6 Å². The number of carbonyl (C=O) groups excluding carboxylic acids is 1. The van der Waals surface area contributed by atoms with Gasteiger partial charge in [0.25, 0.3) is 0 Å². The predicted molar refractivity (Wildman–Crippen MR) is 75.6 cm³/mol. The number of carbonyl (C=O) groups is 1. The Balaban J connectivity index is 0. The van der Waals surface area contributed by atoms with Crippen LogP contribution in [0.4, 0.5) is 0 Å². The topological polar surface area (TPSA) is 58.6 Å². The van der Waals surface area contributed by atoms with Crippen LogP contribution in [0.2, 0.25) is 0 Å². The molecule has 110 valence electrons. The molecule has 1 unspecified atom stereocenters. The van der Waals surface area contributed by atoms with Gasteiger partial charge in [0.15, 0.2) is 0 Å². The summed E-state index contributed by atoms with van der Waals surface area (Å²) in [5.74, 6) is 0.370. The number of ether oxygens (including phenoxy) is 1. The summed E-state index contributed by atoms with van der Waals surface area (Å²) in [6, 6.07) is 0. The number of methoxy groups -OCH3 is 1. The van der Waals surface area contributed by atoms with Gasteiger partial charge in [-0.05, 0) is 19.3 Å². The lowest BCUT2D eigenvalue weighted by molar-refractivity contribution is -0.121. The van der Waals surface area contributed by atoms with E-state index < -0.39 is 0 Å². The zero-order chi connectivity index (χ0) is 14.2. The molecule has 1 amide bonds. The molecule has 0 saturated heterocycles. The highest BCUT2D eigenvalue weighted by molar-refractivity contribution is 5.75. The normalized spacial score (nSPS) is 11.4. The van der Waals surface area contributed by atoms with Crippen molar-refractivity contribution in [2.75, 3.05) is 26.9 Å². The quantitative estimate of drug-likeness (QED) is 0.593. The molecule has 0 saturated carbocycles. The highest BCUT2D eigenvalue weighted by atomic mass is 16.5. The first kappa shape index (κ1) is 19.7. The smallest absolute Gasteiger partial charge is 0.219 e. The second-order valence-corrected chi connectivity index (χ2v) is 4.10. The molecule has 0 aliphatic heterocycles. The number of aliphatic hydroxyl groups is 1. The average Bonchev–Trinajstić information content (AvgIpc) is 2.39. The molecule has 0 aliphatic rings. The molecule has 4 nitrogen and oxygen atoms in total. The molecule has 0 fully saturated rings. The molecule has 0 aliphatic carbocycles. The second kappa shape index (κ2) is 16.4. The summed E-state index contributed by atoms with van der Waals surface area (Å²) in [5.41, 5.74) is 0. The van der Waals surface area contributed by atoms with E-state index in [0.717, 1.165) is 32.2 Å². The summed E-state index contributed by atoms with van der Waals surface area (Å²) in [7, 11) is 1.65. The summed E-state index contributed by atoms with van der Waals surface area (Å²) in [5, 5.41) is 11.9. The van der Waals surface area contributed by atoms with E-state index in [1.807, 2.05) is 20.8 Å². The molecule has 0 aromatic carbocycles. The van der Waals surface area contributed by atoms with Crippen LogP contribution in [0.25, 0.3) is 0 Å². The zero-order valence-corrected chi connectivity index (χ0v) is 12.5.